The number of fused-ring (bicyclic) bond motifs is 1. The lowest BCUT2D eigenvalue weighted by Crippen LogP contribution is -2.19. The fraction of sp³-hybridized carbons (Fsp3) is 0.222. The van der Waals surface area contributed by atoms with E-state index in [0.29, 0.717) is 17.7 Å². The Labute approximate surface area is 207 Å². The third kappa shape index (κ3) is 5.79. The predicted octanol–water partition coefficient (Wildman–Crippen LogP) is 7.91. The zero-order valence-electron chi connectivity index (χ0n) is 19.3. The number of aryl methyl sites for hydroxylation is 1. The molecule has 3 nitrogen and oxygen atoms in total. The van der Waals surface area contributed by atoms with E-state index in [1.165, 1.54) is 6.08 Å². The van der Waals surface area contributed by atoms with Gasteiger partial charge in [0.05, 0.1) is 11.1 Å². The summed E-state index contributed by atoms with van der Waals surface area (Å²) in [6, 6.07) is 8.48. The summed E-state index contributed by atoms with van der Waals surface area (Å²) in [5.74, 6) is -8.10. The Balaban J connectivity index is 1.61. The standard InChI is InChI=1S/C27H19F7O3/c1-2-3-14-4-6-15(7-5-14)26(35)36-18-8-9-19-16(10-18)11-20(28)23(24(19)31)17-12-21(29)25(22(30)13-17)37-27(32,33)34/h4-7,10-13H,2-3,8-9H2,1H3. The molecule has 0 radical (unpaired) electrons. The van der Waals surface area contributed by atoms with Crippen LogP contribution >= 0.6 is 0 Å². The molecule has 0 fully saturated rings. The average molecular weight is 524 g/mol. The average Bonchev–Trinajstić information content (AvgIpc) is 2.81. The van der Waals surface area contributed by atoms with Crippen molar-refractivity contribution in [2.24, 2.45) is 0 Å². The maximum atomic E-state index is 15.3. The van der Waals surface area contributed by atoms with Crippen molar-refractivity contribution in [1.29, 1.82) is 0 Å². The Bertz CT molecular complexity index is 1350. The Morgan fingerprint density at radius 1 is 0.919 bits per heavy atom. The minimum atomic E-state index is -5.36. The number of rotatable bonds is 6. The smallest absolute Gasteiger partial charge is 0.427 e. The number of carbonyl (C=O) groups is 1. The van der Waals surface area contributed by atoms with Crippen molar-refractivity contribution in [3.63, 3.8) is 0 Å². The van der Waals surface area contributed by atoms with Crippen LogP contribution in [0.5, 0.6) is 5.75 Å². The first kappa shape index (κ1) is 26.2. The zero-order valence-corrected chi connectivity index (χ0v) is 19.3. The molecule has 37 heavy (non-hydrogen) atoms. The molecule has 10 heteroatoms. The van der Waals surface area contributed by atoms with Crippen LogP contribution in [0.2, 0.25) is 0 Å². The summed E-state index contributed by atoms with van der Waals surface area (Å²) >= 11 is 0. The molecule has 0 amide bonds. The summed E-state index contributed by atoms with van der Waals surface area (Å²) in [5.41, 5.74) is -0.0260. The Kier molecular flexibility index (Phi) is 7.29. The second kappa shape index (κ2) is 10.3. The van der Waals surface area contributed by atoms with Gasteiger partial charge in [0, 0.05) is 6.42 Å². The molecule has 1 aliphatic rings. The number of allylic oxidation sites excluding steroid dienone is 1. The predicted molar refractivity (Wildman–Crippen MR) is 121 cm³/mol. The lowest BCUT2D eigenvalue weighted by Gasteiger charge is -2.20. The minimum absolute atomic E-state index is 0.00319. The van der Waals surface area contributed by atoms with E-state index in [1.807, 2.05) is 19.1 Å². The van der Waals surface area contributed by atoms with E-state index in [9.17, 15) is 31.1 Å². The fourth-order valence-corrected chi connectivity index (χ4v) is 4.09. The van der Waals surface area contributed by atoms with Crippen LogP contribution in [0, 0.1) is 23.3 Å². The number of carbonyl (C=O) groups excluding carboxylic acids is 1. The number of ether oxygens (including phenoxy) is 2. The molecule has 0 heterocycles. The molecule has 0 aliphatic heterocycles. The summed E-state index contributed by atoms with van der Waals surface area (Å²) in [7, 11) is 0. The summed E-state index contributed by atoms with van der Waals surface area (Å²) in [6.07, 6.45) is -2.20. The van der Waals surface area contributed by atoms with E-state index in [1.54, 1.807) is 12.1 Å². The van der Waals surface area contributed by atoms with Gasteiger partial charge in [-0.2, -0.15) is 0 Å². The lowest BCUT2D eigenvalue weighted by atomic mass is 9.91. The quantitative estimate of drug-likeness (QED) is 0.243. The molecular formula is C27H19F7O3. The largest absolute Gasteiger partial charge is 0.573 e. The van der Waals surface area contributed by atoms with E-state index in [-0.39, 0.29) is 29.7 Å². The topological polar surface area (TPSA) is 35.5 Å². The second-order valence-corrected chi connectivity index (χ2v) is 8.38. The molecule has 0 saturated heterocycles. The van der Waals surface area contributed by atoms with E-state index in [2.05, 4.69) is 4.74 Å². The van der Waals surface area contributed by atoms with Crippen molar-refractivity contribution < 1.29 is 45.0 Å². The highest BCUT2D eigenvalue weighted by Crippen LogP contribution is 2.38. The summed E-state index contributed by atoms with van der Waals surface area (Å²) in [6.45, 7) is 2.03. The molecule has 0 bridgehead atoms. The molecule has 3 aromatic rings. The van der Waals surface area contributed by atoms with Gasteiger partial charge in [-0.05, 0) is 71.5 Å². The zero-order chi connectivity index (χ0) is 26.9. The maximum Gasteiger partial charge on any atom is 0.573 e. The summed E-state index contributed by atoms with van der Waals surface area (Å²) in [4.78, 5) is 12.5. The normalized spacial score (nSPS) is 13.1. The van der Waals surface area contributed by atoms with Gasteiger partial charge in [0.15, 0.2) is 11.6 Å². The number of hydrogen-bond donors (Lipinski definition) is 0. The number of alkyl halides is 3. The van der Waals surface area contributed by atoms with E-state index in [0.717, 1.165) is 24.5 Å². The molecule has 0 N–H and O–H groups in total. The number of benzene rings is 3. The van der Waals surface area contributed by atoms with Gasteiger partial charge in [0.1, 0.15) is 17.4 Å². The van der Waals surface area contributed by atoms with Crippen molar-refractivity contribution in [2.75, 3.05) is 0 Å². The van der Waals surface area contributed by atoms with Crippen molar-refractivity contribution in [3.8, 4) is 16.9 Å². The molecule has 1 aliphatic carbocycles. The van der Waals surface area contributed by atoms with Crippen LogP contribution in [0.3, 0.4) is 0 Å². The molecule has 0 aromatic heterocycles. The van der Waals surface area contributed by atoms with Gasteiger partial charge in [-0.15, -0.1) is 13.2 Å². The molecule has 194 valence electrons. The Morgan fingerprint density at radius 2 is 1.57 bits per heavy atom. The molecule has 0 atom stereocenters. The highest BCUT2D eigenvalue weighted by atomic mass is 19.4. The third-order valence-electron chi connectivity index (χ3n) is 5.75. The molecule has 3 aromatic carbocycles. The monoisotopic (exact) mass is 524 g/mol. The van der Waals surface area contributed by atoms with Gasteiger partial charge in [-0.25, -0.2) is 22.4 Å². The molecule has 4 rings (SSSR count). The van der Waals surface area contributed by atoms with Gasteiger partial charge < -0.3 is 9.47 Å². The van der Waals surface area contributed by atoms with Crippen LogP contribution in [0.15, 0.2) is 48.2 Å². The third-order valence-corrected chi connectivity index (χ3v) is 5.75. The fourth-order valence-electron chi connectivity index (χ4n) is 4.09. The summed E-state index contributed by atoms with van der Waals surface area (Å²) in [5, 5.41) is 0. The maximum absolute atomic E-state index is 15.3. The highest BCUT2D eigenvalue weighted by Gasteiger charge is 2.34. The number of hydrogen-bond acceptors (Lipinski definition) is 3. The minimum Gasteiger partial charge on any atom is -0.427 e. The van der Waals surface area contributed by atoms with Crippen LogP contribution in [-0.2, 0) is 17.6 Å². The molecular weight excluding hydrogens is 505 g/mol. The molecule has 0 unspecified atom stereocenters. The first-order chi connectivity index (χ1) is 17.5. The van der Waals surface area contributed by atoms with Crippen LogP contribution in [0.1, 0.15) is 46.8 Å². The van der Waals surface area contributed by atoms with Gasteiger partial charge in [0.25, 0.3) is 0 Å². The van der Waals surface area contributed by atoms with Crippen molar-refractivity contribution >= 4 is 12.0 Å². The number of esters is 1. The Morgan fingerprint density at radius 3 is 2.16 bits per heavy atom. The van der Waals surface area contributed by atoms with E-state index in [4.69, 9.17) is 4.74 Å². The Hall–Kier alpha value is -3.82. The SMILES string of the molecule is CCCc1ccc(C(=O)OC2=Cc3cc(F)c(-c4cc(F)c(OC(F)(F)F)c(F)c4)c(F)c3CC2)cc1. The van der Waals surface area contributed by atoms with Crippen LogP contribution < -0.4 is 4.74 Å². The van der Waals surface area contributed by atoms with Crippen molar-refractivity contribution in [1.82, 2.24) is 0 Å². The van der Waals surface area contributed by atoms with Crippen LogP contribution in [0.25, 0.3) is 17.2 Å². The van der Waals surface area contributed by atoms with Gasteiger partial charge in [-0.3, -0.25) is 0 Å². The highest BCUT2D eigenvalue weighted by molar-refractivity contribution is 5.90. The van der Waals surface area contributed by atoms with E-state index < -0.39 is 52.5 Å². The van der Waals surface area contributed by atoms with E-state index >= 15 is 4.39 Å². The van der Waals surface area contributed by atoms with Gasteiger partial charge in [0.2, 0.25) is 5.75 Å². The first-order valence-corrected chi connectivity index (χ1v) is 11.2. The molecule has 0 saturated carbocycles. The van der Waals surface area contributed by atoms with Gasteiger partial charge in [-0.1, -0.05) is 25.5 Å². The van der Waals surface area contributed by atoms with Gasteiger partial charge >= 0.3 is 12.3 Å². The first-order valence-electron chi connectivity index (χ1n) is 11.2. The van der Waals surface area contributed by atoms with Crippen LogP contribution in [0.4, 0.5) is 30.7 Å². The van der Waals surface area contributed by atoms with Crippen molar-refractivity contribution in [3.05, 3.63) is 93.7 Å². The molecule has 0 spiro atoms. The lowest BCUT2D eigenvalue weighted by molar-refractivity contribution is -0.276. The summed E-state index contributed by atoms with van der Waals surface area (Å²) < 4.78 is 104. The van der Waals surface area contributed by atoms with Crippen molar-refractivity contribution in [2.45, 2.75) is 39.0 Å². The van der Waals surface area contributed by atoms with Crippen LogP contribution in [-0.4, -0.2) is 12.3 Å². The number of halogens is 7. The second-order valence-electron chi connectivity index (χ2n) is 8.38.